The monoisotopic (exact) mass is 458 g/mol. The van der Waals surface area contributed by atoms with E-state index in [9.17, 15) is 9.59 Å². The Morgan fingerprint density at radius 2 is 1.94 bits per heavy atom. The summed E-state index contributed by atoms with van der Waals surface area (Å²) in [7, 11) is 0. The Bertz CT molecular complexity index is 1290. The van der Waals surface area contributed by atoms with Crippen molar-refractivity contribution >= 4 is 17.7 Å². The number of aryl methyl sites for hydroxylation is 1. The number of ether oxygens (including phenoxy) is 1. The molecule has 1 amide bonds. The van der Waals surface area contributed by atoms with Gasteiger partial charge in [0.2, 0.25) is 0 Å². The van der Waals surface area contributed by atoms with E-state index in [1.165, 1.54) is 12.3 Å². The summed E-state index contributed by atoms with van der Waals surface area (Å²) < 4.78 is 20.8. The molecule has 8 heteroatoms. The van der Waals surface area contributed by atoms with Crippen molar-refractivity contribution in [3.63, 3.8) is 0 Å². The largest absolute Gasteiger partial charge is 0.461 e. The zero-order chi connectivity index (χ0) is 23.9. The fourth-order valence-electron chi connectivity index (χ4n) is 4.32. The van der Waals surface area contributed by atoms with E-state index in [0.717, 1.165) is 5.69 Å². The minimum atomic E-state index is -0.935. The highest BCUT2D eigenvalue weighted by molar-refractivity contribution is 6.04. The molecule has 5 rings (SSSR count). The molecular formula is C26H23FN4O3. The molecule has 172 valence electrons. The number of halogens is 1. The van der Waals surface area contributed by atoms with Crippen molar-refractivity contribution in [1.29, 1.82) is 0 Å². The molecule has 1 N–H and O–H groups in total. The van der Waals surface area contributed by atoms with Crippen LogP contribution in [0.5, 0.6) is 0 Å². The maximum Gasteiger partial charge on any atom is 0.292 e. The minimum absolute atomic E-state index is 0.0201. The summed E-state index contributed by atoms with van der Waals surface area (Å²) in [6, 6.07) is 13.4. The first-order chi connectivity index (χ1) is 16.3. The highest BCUT2D eigenvalue weighted by atomic mass is 19.1. The molecule has 34 heavy (non-hydrogen) atoms. The van der Waals surface area contributed by atoms with Crippen LogP contribution < -0.4 is 5.32 Å². The molecule has 0 bridgehead atoms. The first-order valence-electron chi connectivity index (χ1n) is 11.1. The Labute approximate surface area is 196 Å². The van der Waals surface area contributed by atoms with E-state index in [-0.39, 0.29) is 41.8 Å². The number of fused-ring (bicyclic) bond motifs is 1. The first kappa shape index (κ1) is 21.9. The average Bonchev–Trinajstić information content (AvgIpc) is 3.62. The third-order valence-electron chi connectivity index (χ3n) is 6.31. The number of carbonyl (C=O) groups excluding carboxylic acids is 2. The van der Waals surface area contributed by atoms with Gasteiger partial charge in [0.25, 0.3) is 11.9 Å². The van der Waals surface area contributed by atoms with Crippen LogP contribution in [-0.2, 0) is 16.7 Å². The summed E-state index contributed by atoms with van der Waals surface area (Å²) >= 11 is 0. The Morgan fingerprint density at radius 3 is 2.68 bits per heavy atom. The van der Waals surface area contributed by atoms with Gasteiger partial charge in [-0.1, -0.05) is 24.3 Å². The van der Waals surface area contributed by atoms with Crippen molar-refractivity contribution in [3.8, 4) is 0 Å². The maximum atomic E-state index is 15.0. The number of rotatable bonds is 5. The molecule has 2 aromatic carbocycles. The number of Topliss-reactive ketones (excluding diaryl/α,β-unsaturated/α-hetero) is 1. The standard InChI is InChI=1S/C26H23FN4O3/c1-15-13-29-21(14-28-15)22(32)11-16-8-9-20(27)18(10-16)26(2)19-12-23(19)34-25(31-26)30-24(33)17-6-4-3-5-7-17/h3-10,13-14,19,23H,11-12H2,1-2H3,(H,30,31,33)/t19-,23+,26+/m1/s1. The van der Waals surface area contributed by atoms with Crippen LogP contribution >= 0.6 is 0 Å². The van der Waals surface area contributed by atoms with Crippen LogP contribution in [0.4, 0.5) is 4.39 Å². The number of hydrogen-bond acceptors (Lipinski definition) is 6. The van der Waals surface area contributed by atoms with Gasteiger partial charge in [0.15, 0.2) is 5.78 Å². The summed E-state index contributed by atoms with van der Waals surface area (Å²) in [5.74, 6) is -0.988. The van der Waals surface area contributed by atoms with Gasteiger partial charge in [-0.15, -0.1) is 0 Å². The third kappa shape index (κ3) is 4.19. The van der Waals surface area contributed by atoms with Gasteiger partial charge in [-0.05, 0) is 50.1 Å². The van der Waals surface area contributed by atoms with E-state index < -0.39 is 11.4 Å². The van der Waals surface area contributed by atoms with Gasteiger partial charge < -0.3 is 4.74 Å². The molecule has 1 aliphatic carbocycles. The van der Waals surface area contributed by atoms with E-state index in [0.29, 0.717) is 23.1 Å². The smallest absolute Gasteiger partial charge is 0.292 e. The molecule has 7 nitrogen and oxygen atoms in total. The predicted molar refractivity (Wildman–Crippen MR) is 123 cm³/mol. The second-order valence-corrected chi connectivity index (χ2v) is 8.84. The van der Waals surface area contributed by atoms with E-state index in [4.69, 9.17) is 4.74 Å². The van der Waals surface area contributed by atoms with Crippen molar-refractivity contribution in [3.05, 3.63) is 94.8 Å². The molecule has 2 aliphatic rings. The number of aliphatic imine (C=N–C) groups is 1. The molecule has 0 saturated heterocycles. The summed E-state index contributed by atoms with van der Waals surface area (Å²) in [5, 5.41) is 2.71. The number of nitrogens with one attached hydrogen (secondary N) is 1. The molecule has 0 radical (unpaired) electrons. The predicted octanol–water partition coefficient (Wildman–Crippen LogP) is 3.77. The number of amidine groups is 1. The lowest BCUT2D eigenvalue weighted by Gasteiger charge is -2.31. The van der Waals surface area contributed by atoms with Gasteiger partial charge in [0.1, 0.15) is 17.6 Å². The number of benzene rings is 2. The zero-order valence-corrected chi connectivity index (χ0v) is 18.8. The van der Waals surface area contributed by atoms with Crippen molar-refractivity contribution in [1.82, 2.24) is 15.3 Å². The lowest BCUT2D eigenvalue weighted by Crippen LogP contribution is -2.41. The van der Waals surface area contributed by atoms with Crippen molar-refractivity contribution in [2.24, 2.45) is 10.9 Å². The van der Waals surface area contributed by atoms with Crippen molar-refractivity contribution in [2.75, 3.05) is 0 Å². The van der Waals surface area contributed by atoms with Gasteiger partial charge in [-0.3, -0.25) is 19.9 Å². The molecule has 3 atom stereocenters. The highest BCUT2D eigenvalue weighted by Gasteiger charge is 2.57. The molecule has 1 aliphatic heterocycles. The molecule has 0 spiro atoms. The average molecular weight is 458 g/mol. The van der Waals surface area contributed by atoms with Gasteiger partial charge in [0, 0.05) is 29.7 Å². The van der Waals surface area contributed by atoms with Gasteiger partial charge in [-0.25, -0.2) is 14.4 Å². The second-order valence-electron chi connectivity index (χ2n) is 8.84. The van der Waals surface area contributed by atoms with Crippen molar-refractivity contribution in [2.45, 2.75) is 38.3 Å². The normalized spacial score (nSPS) is 22.7. The lowest BCUT2D eigenvalue weighted by atomic mass is 9.85. The number of ketones is 1. The van der Waals surface area contributed by atoms with Gasteiger partial charge in [0.05, 0.1) is 17.4 Å². The molecule has 1 saturated carbocycles. The van der Waals surface area contributed by atoms with Crippen molar-refractivity contribution < 1.29 is 18.7 Å². The second kappa shape index (κ2) is 8.44. The molecule has 1 aromatic heterocycles. The summed E-state index contributed by atoms with van der Waals surface area (Å²) in [5.41, 5.74) is 1.54. The Balaban J connectivity index is 1.41. The molecule has 2 heterocycles. The highest BCUT2D eigenvalue weighted by Crippen LogP contribution is 2.53. The maximum absolute atomic E-state index is 15.0. The van der Waals surface area contributed by atoms with Crippen LogP contribution in [0.2, 0.25) is 0 Å². The van der Waals surface area contributed by atoms with Crippen LogP contribution in [-0.4, -0.2) is 33.8 Å². The van der Waals surface area contributed by atoms with E-state index in [2.05, 4.69) is 20.3 Å². The van der Waals surface area contributed by atoms with Gasteiger partial charge in [-0.2, -0.15) is 0 Å². The summed E-state index contributed by atoms with van der Waals surface area (Å²) in [6.45, 7) is 3.63. The number of amides is 1. The molecule has 3 aromatic rings. The molecule has 0 unspecified atom stereocenters. The quantitative estimate of drug-likeness (QED) is 0.588. The van der Waals surface area contributed by atoms with E-state index in [1.807, 2.05) is 13.0 Å². The Hall–Kier alpha value is -3.94. The van der Waals surface area contributed by atoms with Crippen LogP contribution in [0.3, 0.4) is 0 Å². The third-order valence-corrected chi connectivity index (χ3v) is 6.31. The SMILES string of the molecule is Cc1cnc(C(=O)Cc2ccc(F)c([C@]3(C)N=C(NC(=O)c4ccccc4)O[C@H]4C[C@H]43)c2)cn1. The summed E-state index contributed by atoms with van der Waals surface area (Å²) in [6.07, 6.45) is 3.60. The number of nitrogens with zero attached hydrogens (tertiary/aromatic N) is 3. The lowest BCUT2D eigenvalue weighted by molar-refractivity contribution is 0.0953. The topological polar surface area (TPSA) is 93.5 Å². The Morgan fingerprint density at radius 1 is 1.15 bits per heavy atom. The molecular weight excluding hydrogens is 435 g/mol. The fourth-order valence-corrected chi connectivity index (χ4v) is 4.32. The van der Waals surface area contributed by atoms with Crippen LogP contribution in [0.25, 0.3) is 0 Å². The minimum Gasteiger partial charge on any atom is -0.461 e. The number of hydrogen-bond donors (Lipinski definition) is 1. The zero-order valence-electron chi connectivity index (χ0n) is 18.8. The van der Waals surface area contributed by atoms with Gasteiger partial charge >= 0.3 is 0 Å². The van der Waals surface area contributed by atoms with Crippen LogP contribution in [0.1, 0.15) is 51.0 Å². The summed E-state index contributed by atoms with van der Waals surface area (Å²) in [4.78, 5) is 38.1. The molecule has 1 fully saturated rings. The van der Waals surface area contributed by atoms with Crippen LogP contribution in [0, 0.1) is 18.7 Å². The van der Waals surface area contributed by atoms with Crippen LogP contribution in [0.15, 0.2) is 65.9 Å². The Kier molecular flexibility index (Phi) is 5.43. The first-order valence-corrected chi connectivity index (χ1v) is 11.1. The fraction of sp³-hybridized carbons (Fsp3) is 0.269. The van der Waals surface area contributed by atoms with E-state index in [1.54, 1.807) is 49.5 Å². The number of aromatic nitrogens is 2. The van der Waals surface area contributed by atoms with E-state index >= 15 is 4.39 Å². The number of carbonyl (C=O) groups is 2.